The van der Waals surface area contributed by atoms with E-state index in [-0.39, 0.29) is 25.0 Å². The summed E-state index contributed by atoms with van der Waals surface area (Å²) >= 11 is 0. The average Bonchev–Trinajstić information content (AvgIpc) is 3.39. The molecule has 3 aliphatic heterocycles. The normalized spacial score (nSPS) is 30.5. The molecule has 3 saturated heterocycles. The van der Waals surface area contributed by atoms with Crippen molar-refractivity contribution in [2.75, 3.05) is 25.1 Å². The van der Waals surface area contributed by atoms with Crippen molar-refractivity contribution in [2.45, 2.75) is 64.2 Å². The molecule has 2 amide bonds. The number of aryl methyl sites for hydroxylation is 2. The van der Waals surface area contributed by atoms with Crippen molar-refractivity contribution in [1.82, 2.24) is 4.90 Å². The number of carbonyl (C=O) groups excluding carboxylic acids is 3. The van der Waals surface area contributed by atoms with Gasteiger partial charge in [-0.2, -0.15) is 0 Å². The highest BCUT2D eigenvalue weighted by molar-refractivity contribution is 6.03. The highest BCUT2D eigenvalue weighted by Crippen LogP contribution is 2.58. The molecule has 0 unspecified atom stereocenters. The highest BCUT2D eigenvalue weighted by Gasteiger charge is 2.74. The number of rotatable bonds is 8. The van der Waals surface area contributed by atoms with Crippen LogP contribution < -0.4 is 5.32 Å². The van der Waals surface area contributed by atoms with Crippen LogP contribution in [-0.2, 0) is 23.9 Å². The van der Waals surface area contributed by atoms with Crippen molar-refractivity contribution in [1.29, 1.82) is 0 Å². The summed E-state index contributed by atoms with van der Waals surface area (Å²) in [6.45, 7) is 6.18. The summed E-state index contributed by atoms with van der Waals surface area (Å²) in [7, 11) is 0. The number of hydrogen-bond acceptors (Lipinski definition) is 6. The molecule has 3 heterocycles. The number of nitrogens with one attached hydrogen (secondary N) is 1. The van der Waals surface area contributed by atoms with Crippen LogP contribution in [0.5, 0.6) is 0 Å². The summed E-state index contributed by atoms with van der Waals surface area (Å²) in [5.74, 6) is -2.37. The number of aliphatic hydroxyl groups is 1. The molecule has 32 heavy (non-hydrogen) atoms. The minimum absolute atomic E-state index is 0.0139. The van der Waals surface area contributed by atoms with Crippen LogP contribution >= 0.6 is 0 Å². The van der Waals surface area contributed by atoms with Crippen LogP contribution in [0.15, 0.2) is 18.2 Å². The first-order chi connectivity index (χ1) is 15.3. The molecule has 3 fully saturated rings. The van der Waals surface area contributed by atoms with Crippen molar-refractivity contribution < 1.29 is 29.0 Å². The average molecular weight is 445 g/mol. The molecule has 1 aromatic rings. The Labute approximate surface area is 188 Å². The molecule has 3 aliphatic rings. The summed E-state index contributed by atoms with van der Waals surface area (Å²) in [6.07, 6.45) is 1.85. The van der Waals surface area contributed by atoms with Crippen LogP contribution in [0, 0.1) is 25.7 Å². The van der Waals surface area contributed by atoms with Gasteiger partial charge in [-0.15, -0.1) is 0 Å². The Kier molecular flexibility index (Phi) is 6.27. The van der Waals surface area contributed by atoms with Crippen LogP contribution in [0.1, 0.15) is 43.7 Å². The Morgan fingerprint density at radius 1 is 1.31 bits per heavy atom. The van der Waals surface area contributed by atoms with E-state index in [1.165, 1.54) is 0 Å². The topological polar surface area (TPSA) is 105 Å². The van der Waals surface area contributed by atoms with Crippen LogP contribution in [0.3, 0.4) is 0 Å². The quantitative estimate of drug-likeness (QED) is 0.469. The maximum absolute atomic E-state index is 13.6. The second-order valence-electron chi connectivity index (χ2n) is 9.08. The molecule has 1 aromatic carbocycles. The zero-order chi connectivity index (χ0) is 23.0. The monoisotopic (exact) mass is 444 g/mol. The van der Waals surface area contributed by atoms with Crippen LogP contribution in [-0.4, -0.2) is 65.3 Å². The van der Waals surface area contributed by atoms with E-state index in [0.717, 1.165) is 11.1 Å². The molecule has 0 saturated carbocycles. The second-order valence-corrected chi connectivity index (χ2v) is 9.08. The summed E-state index contributed by atoms with van der Waals surface area (Å²) < 4.78 is 11.6. The number of fused-ring (bicyclic) bond motifs is 1. The van der Waals surface area contributed by atoms with E-state index >= 15 is 0 Å². The highest BCUT2D eigenvalue weighted by atomic mass is 16.6. The Morgan fingerprint density at radius 2 is 2.09 bits per heavy atom. The summed E-state index contributed by atoms with van der Waals surface area (Å²) in [6, 6.07) is 5.00. The lowest BCUT2D eigenvalue weighted by atomic mass is 9.70. The Hall–Kier alpha value is -2.45. The van der Waals surface area contributed by atoms with E-state index in [2.05, 4.69) is 5.32 Å². The molecule has 5 atom stereocenters. The molecule has 0 aliphatic carbocycles. The lowest BCUT2D eigenvalue weighted by Gasteiger charge is -2.33. The number of unbranched alkanes of at least 4 members (excludes halogenated alkanes) is 1. The number of hydrogen-bond donors (Lipinski definition) is 2. The Morgan fingerprint density at radius 3 is 2.81 bits per heavy atom. The number of ether oxygens (including phenoxy) is 2. The lowest BCUT2D eigenvalue weighted by Crippen LogP contribution is -2.53. The van der Waals surface area contributed by atoms with Gasteiger partial charge in [-0.05, 0) is 63.6 Å². The Bertz CT molecular complexity index is 918. The lowest BCUT2D eigenvalue weighted by molar-refractivity contribution is -0.154. The van der Waals surface area contributed by atoms with Crippen molar-refractivity contribution in [3.8, 4) is 0 Å². The number of likely N-dealkylation sites (tertiary alicyclic amines) is 1. The van der Waals surface area contributed by atoms with Gasteiger partial charge in [0.05, 0.1) is 24.5 Å². The first-order valence-corrected chi connectivity index (χ1v) is 11.5. The number of nitrogens with zero attached hydrogens (tertiary/aromatic N) is 1. The van der Waals surface area contributed by atoms with E-state index in [1.54, 1.807) is 11.8 Å². The zero-order valence-electron chi connectivity index (χ0n) is 18.9. The van der Waals surface area contributed by atoms with Crippen LogP contribution in [0.25, 0.3) is 0 Å². The molecule has 4 rings (SSSR count). The maximum atomic E-state index is 13.6. The van der Waals surface area contributed by atoms with Crippen molar-refractivity contribution in [3.05, 3.63) is 29.3 Å². The molecular weight excluding hydrogens is 412 g/mol. The zero-order valence-corrected chi connectivity index (χ0v) is 18.9. The van der Waals surface area contributed by atoms with E-state index in [1.807, 2.05) is 32.0 Å². The third-order valence-corrected chi connectivity index (χ3v) is 7.07. The largest absolute Gasteiger partial charge is 0.466 e. The van der Waals surface area contributed by atoms with Gasteiger partial charge in [0.2, 0.25) is 11.8 Å². The fourth-order valence-corrected chi connectivity index (χ4v) is 5.67. The predicted molar refractivity (Wildman–Crippen MR) is 117 cm³/mol. The molecule has 2 bridgehead atoms. The maximum Gasteiger partial charge on any atom is 0.312 e. The third-order valence-electron chi connectivity index (χ3n) is 7.07. The smallest absolute Gasteiger partial charge is 0.312 e. The fourth-order valence-electron chi connectivity index (χ4n) is 5.67. The molecule has 8 heteroatoms. The van der Waals surface area contributed by atoms with Crippen molar-refractivity contribution in [3.63, 3.8) is 0 Å². The van der Waals surface area contributed by atoms with Gasteiger partial charge in [0.1, 0.15) is 11.6 Å². The van der Waals surface area contributed by atoms with Crippen LogP contribution in [0.4, 0.5) is 5.69 Å². The van der Waals surface area contributed by atoms with Gasteiger partial charge < -0.3 is 24.8 Å². The van der Waals surface area contributed by atoms with Gasteiger partial charge in [-0.3, -0.25) is 14.4 Å². The van der Waals surface area contributed by atoms with Crippen molar-refractivity contribution >= 4 is 23.5 Å². The van der Waals surface area contributed by atoms with E-state index in [4.69, 9.17) is 9.47 Å². The molecule has 2 N–H and O–H groups in total. The number of carbonyl (C=O) groups is 3. The molecule has 0 radical (unpaired) electrons. The second kappa shape index (κ2) is 8.83. The molecule has 1 spiro atoms. The molecule has 0 aromatic heterocycles. The minimum Gasteiger partial charge on any atom is -0.466 e. The molecule has 174 valence electrons. The third kappa shape index (κ3) is 3.59. The molecule has 8 nitrogen and oxygen atoms in total. The van der Waals surface area contributed by atoms with Gasteiger partial charge in [0.25, 0.3) is 0 Å². The first kappa shape index (κ1) is 22.7. The van der Waals surface area contributed by atoms with Crippen molar-refractivity contribution in [2.24, 2.45) is 11.8 Å². The first-order valence-electron chi connectivity index (χ1n) is 11.5. The number of aliphatic hydroxyl groups excluding tert-OH is 1. The SMILES string of the molecule is CCOC(=O)[C@@H]1[C@@H]2CC[C@]3(O2)[C@H](C(=O)Nc2cc(C)ccc2C)N(CCCCO)C(=O)[C@@H]13. The van der Waals surface area contributed by atoms with Crippen LogP contribution in [0.2, 0.25) is 0 Å². The number of amides is 2. The fraction of sp³-hybridized carbons (Fsp3) is 0.625. The number of anilines is 1. The van der Waals surface area contributed by atoms with E-state index in [0.29, 0.717) is 37.9 Å². The number of benzene rings is 1. The Balaban J connectivity index is 1.68. The van der Waals surface area contributed by atoms with E-state index in [9.17, 15) is 19.5 Å². The van der Waals surface area contributed by atoms with Gasteiger partial charge in [-0.25, -0.2) is 0 Å². The van der Waals surface area contributed by atoms with Gasteiger partial charge in [0.15, 0.2) is 0 Å². The molecular formula is C24H32N2O6. The summed E-state index contributed by atoms with van der Waals surface area (Å²) in [5, 5.41) is 12.2. The van der Waals surface area contributed by atoms with Gasteiger partial charge in [0, 0.05) is 18.8 Å². The number of esters is 1. The summed E-state index contributed by atoms with van der Waals surface area (Å²) in [5.41, 5.74) is 1.62. The van der Waals surface area contributed by atoms with E-state index < -0.39 is 35.6 Å². The minimum atomic E-state index is -1.03. The predicted octanol–water partition coefficient (Wildman–Crippen LogP) is 1.95. The summed E-state index contributed by atoms with van der Waals surface area (Å²) in [4.78, 5) is 41.5. The standard InChI is InChI=1S/C24H32N2O6/c1-4-31-23(30)18-17-9-10-24(32-17)19(18)22(29)26(11-5-6-12-27)20(24)21(28)25-16-13-14(2)7-8-15(16)3/h7-8,13,17-20,27H,4-6,9-12H2,1-3H3,(H,25,28)/t17-,18+,19+,20-,24+/m0/s1. The van der Waals surface area contributed by atoms with Gasteiger partial charge >= 0.3 is 5.97 Å². The van der Waals surface area contributed by atoms with Gasteiger partial charge in [-0.1, -0.05) is 12.1 Å².